The highest BCUT2D eigenvalue weighted by molar-refractivity contribution is 5.46. The van der Waals surface area contributed by atoms with Gasteiger partial charge in [0.2, 0.25) is 0 Å². The topological polar surface area (TPSA) is 50.9 Å². The van der Waals surface area contributed by atoms with Gasteiger partial charge in [0.15, 0.2) is 0 Å². The normalized spacial score (nSPS) is 18.1. The lowest BCUT2D eigenvalue weighted by Gasteiger charge is -2.17. The highest BCUT2D eigenvalue weighted by Gasteiger charge is 2.26. The van der Waals surface area contributed by atoms with Crippen molar-refractivity contribution < 1.29 is 0 Å². The van der Waals surface area contributed by atoms with Crippen LogP contribution in [0.2, 0.25) is 0 Å². The van der Waals surface area contributed by atoms with Crippen molar-refractivity contribution in [3.63, 3.8) is 0 Å². The van der Waals surface area contributed by atoms with Crippen LogP contribution in [0.25, 0.3) is 0 Å². The van der Waals surface area contributed by atoms with Gasteiger partial charge in [0.25, 0.3) is 0 Å². The molecule has 1 fully saturated rings. The smallest absolute Gasteiger partial charge is 0.0393 e. The first kappa shape index (κ1) is 9.46. The number of aromatic nitrogens is 1. The zero-order valence-electron chi connectivity index (χ0n) is 8.53. The maximum atomic E-state index is 5.91. The Bertz CT molecular complexity index is 307. The van der Waals surface area contributed by atoms with Crippen molar-refractivity contribution in [2.45, 2.75) is 25.3 Å². The number of hydrogen-bond acceptors (Lipinski definition) is 3. The van der Waals surface area contributed by atoms with E-state index < -0.39 is 0 Å². The van der Waals surface area contributed by atoms with Crippen LogP contribution in [0.1, 0.15) is 30.9 Å². The van der Waals surface area contributed by atoms with Gasteiger partial charge < -0.3 is 11.1 Å². The second-order valence-electron chi connectivity index (χ2n) is 4.02. The summed E-state index contributed by atoms with van der Waals surface area (Å²) in [5.74, 6) is 0.895. The van der Waals surface area contributed by atoms with Gasteiger partial charge >= 0.3 is 0 Å². The number of anilines is 1. The van der Waals surface area contributed by atoms with Gasteiger partial charge in [0.05, 0.1) is 0 Å². The van der Waals surface area contributed by atoms with Crippen molar-refractivity contribution in [2.24, 2.45) is 5.92 Å². The molecule has 0 aliphatic heterocycles. The highest BCUT2D eigenvalue weighted by atomic mass is 14.9. The molecule has 1 heterocycles. The van der Waals surface area contributed by atoms with Gasteiger partial charge in [-0.1, -0.05) is 12.8 Å². The Balaban J connectivity index is 2.12. The maximum Gasteiger partial charge on any atom is 0.0393 e. The van der Waals surface area contributed by atoms with Crippen molar-refractivity contribution in [3.05, 3.63) is 24.0 Å². The number of rotatable bonds is 4. The highest BCUT2D eigenvalue weighted by Crippen LogP contribution is 2.38. The Kier molecular flexibility index (Phi) is 2.68. The molecule has 1 atom stereocenters. The first-order chi connectivity index (χ1) is 6.81. The van der Waals surface area contributed by atoms with Gasteiger partial charge in [-0.25, -0.2) is 0 Å². The molecule has 3 nitrogen and oxygen atoms in total. The molecule has 1 aliphatic carbocycles. The van der Waals surface area contributed by atoms with Crippen LogP contribution < -0.4 is 11.1 Å². The van der Waals surface area contributed by atoms with Crippen LogP contribution >= 0.6 is 0 Å². The van der Waals surface area contributed by atoms with E-state index in [1.165, 1.54) is 19.3 Å². The third kappa shape index (κ3) is 2.04. The van der Waals surface area contributed by atoms with Crippen molar-refractivity contribution in [1.82, 2.24) is 10.3 Å². The van der Waals surface area contributed by atoms with Crippen LogP contribution in [0.4, 0.5) is 5.69 Å². The minimum atomic E-state index is 0.371. The molecule has 3 N–H and O–H groups in total. The van der Waals surface area contributed by atoms with E-state index in [-0.39, 0.29) is 0 Å². The molecule has 2 rings (SSSR count). The van der Waals surface area contributed by atoms with Crippen LogP contribution in [0.3, 0.4) is 0 Å². The molecule has 0 aromatic carbocycles. The van der Waals surface area contributed by atoms with Gasteiger partial charge in [0, 0.05) is 29.7 Å². The van der Waals surface area contributed by atoms with E-state index in [4.69, 9.17) is 5.73 Å². The fraction of sp³-hybridized carbons (Fsp3) is 0.545. The van der Waals surface area contributed by atoms with Crippen molar-refractivity contribution in [1.29, 1.82) is 0 Å². The lowest BCUT2D eigenvalue weighted by atomic mass is 10.0. The number of pyridine rings is 1. The minimum Gasteiger partial charge on any atom is -0.398 e. The number of nitrogens with zero attached hydrogens (tertiary/aromatic N) is 1. The monoisotopic (exact) mass is 191 g/mol. The zero-order valence-corrected chi connectivity index (χ0v) is 8.53. The predicted molar refractivity (Wildman–Crippen MR) is 57.8 cm³/mol. The lowest BCUT2D eigenvalue weighted by molar-refractivity contribution is 0.514. The molecule has 1 saturated carbocycles. The van der Waals surface area contributed by atoms with Crippen LogP contribution in [-0.2, 0) is 0 Å². The quantitative estimate of drug-likeness (QED) is 0.762. The summed E-state index contributed by atoms with van der Waals surface area (Å²) in [6, 6.07) is 2.24. The first-order valence-electron chi connectivity index (χ1n) is 5.18. The molecule has 1 aromatic rings. The fourth-order valence-electron chi connectivity index (χ4n) is 1.80. The summed E-state index contributed by atoms with van der Waals surface area (Å²) >= 11 is 0. The summed E-state index contributed by atoms with van der Waals surface area (Å²) in [5.41, 5.74) is 7.90. The Labute approximate surface area is 84.7 Å². The summed E-state index contributed by atoms with van der Waals surface area (Å²) in [4.78, 5) is 4.12. The number of nitrogen functional groups attached to an aromatic ring is 1. The van der Waals surface area contributed by atoms with Crippen molar-refractivity contribution in [3.8, 4) is 0 Å². The molecule has 14 heavy (non-hydrogen) atoms. The van der Waals surface area contributed by atoms with Crippen molar-refractivity contribution in [2.75, 3.05) is 12.8 Å². The summed E-state index contributed by atoms with van der Waals surface area (Å²) in [5, 5.41) is 3.31. The third-order valence-corrected chi connectivity index (χ3v) is 2.88. The van der Waals surface area contributed by atoms with E-state index in [0.29, 0.717) is 6.04 Å². The van der Waals surface area contributed by atoms with Crippen LogP contribution in [0.15, 0.2) is 18.5 Å². The molecular formula is C11H17N3. The van der Waals surface area contributed by atoms with Crippen LogP contribution in [0.5, 0.6) is 0 Å². The van der Waals surface area contributed by atoms with E-state index >= 15 is 0 Å². The Morgan fingerprint density at radius 3 is 3.00 bits per heavy atom. The van der Waals surface area contributed by atoms with E-state index in [1.807, 2.05) is 19.3 Å². The van der Waals surface area contributed by atoms with Crippen molar-refractivity contribution >= 4 is 5.69 Å². The van der Waals surface area contributed by atoms with Crippen LogP contribution in [-0.4, -0.2) is 12.0 Å². The van der Waals surface area contributed by atoms with Gasteiger partial charge in [0.1, 0.15) is 0 Å². The summed E-state index contributed by atoms with van der Waals surface area (Å²) in [7, 11) is 1.99. The van der Waals surface area contributed by atoms with E-state index in [9.17, 15) is 0 Å². The molecule has 1 aliphatic rings. The molecule has 0 amide bonds. The Hall–Kier alpha value is -1.09. The first-order valence-corrected chi connectivity index (χ1v) is 5.18. The maximum absolute atomic E-state index is 5.91. The predicted octanol–water partition coefficient (Wildman–Crippen LogP) is 1.72. The molecule has 3 heteroatoms. The van der Waals surface area contributed by atoms with Gasteiger partial charge in [-0.15, -0.1) is 0 Å². The molecular weight excluding hydrogens is 174 g/mol. The van der Waals surface area contributed by atoms with Gasteiger partial charge in [-0.3, -0.25) is 4.98 Å². The summed E-state index contributed by atoms with van der Waals surface area (Å²) < 4.78 is 0. The Morgan fingerprint density at radius 1 is 1.64 bits per heavy atom. The molecule has 76 valence electrons. The average molecular weight is 191 g/mol. The van der Waals surface area contributed by atoms with E-state index in [0.717, 1.165) is 17.2 Å². The minimum absolute atomic E-state index is 0.371. The fourth-order valence-corrected chi connectivity index (χ4v) is 1.80. The van der Waals surface area contributed by atoms with Crippen LogP contribution in [0, 0.1) is 5.92 Å². The molecule has 0 spiro atoms. The summed E-state index contributed by atoms with van der Waals surface area (Å²) in [6.07, 6.45) is 7.55. The SMILES string of the molecule is CNC(CC1CC1)c1cnccc1N. The van der Waals surface area contributed by atoms with Gasteiger partial charge in [-0.05, 0) is 25.5 Å². The summed E-state index contributed by atoms with van der Waals surface area (Å²) in [6.45, 7) is 0. The molecule has 1 aromatic heterocycles. The standard InChI is InChI=1S/C11H17N3/c1-13-11(6-8-2-3-8)9-7-14-5-4-10(9)12/h4-5,7-8,11,13H,2-3,6H2,1H3,(H2,12,14). The molecule has 0 bridgehead atoms. The zero-order chi connectivity index (χ0) is 9.97. The second-order valence-corrected chi connectivity index (χ2v) is 4.02. The van der Waals surface area contributed by atoms with E-state index in [2.05, 4.69) is 10.3 Å². The Morgan fingerprint density at radius 2 is 2.43 bits per heavy atom. The molecule has 1 unspecified atom stereocenters. The number of nitrogens with one attached hydrogen (secondary N) is 1. The van der Waals surface area contributed by atoms with E-state index in [1.54, 1.807) is 6.20 Å². The third-order valence-electron chi connectivity index (χ3n) is 2.88. The average Bonchev–Trinajstić information content (AvgIpc) is 2.99. The number of nitrogens with two attached hydrogens (primary N) is 1. The second kappa shape index (κ2) is 3.96. The lowest BCUT2D eigenvalue weighted by Crippen LogP contribution is -2.18. The molecule has 0 radical (unpaired) electrons. The largest absolute Gasteiger partial charge is 0.398 e. The van der Waals surface area contributed by atoms with Gasteiger partial charge in [-0.2, -0.15) is 0 Å². The molecule has 0 saturated heterocycles. The number of hydrogen-bond donors (Lipinski definition) is 2.